The smallest absolute Gasteiger partial charge is 0.287 e. The van der Waals surface area contributed by atoms with Crippen LogP contribution in [-0.4, -0.2) is 21.5 Å². The molecule has 0 aliphatic carbocycles. The van der Waals surface area contributed by atoms with E-state index in [1.165, 1.54) is 12.1 Å². The molecule has 0 saturated heterocycles. The van der Waals surface area contributed by atoms with Gasteiger partial charge in [0.2, 0.25) is 0 Å². The van der Waals surface area contributed by atoms with Crippen LogP contribution in [0.15, 0.2) is 47.7 Å². The Kier molecular flexibility index (Phi) is 3.90. The molecule has 0 saturated carbocycles. The topological polar surface area (TPSA) is 100 Å². The van der Waals surface area contributed by atoms with Crippen LogP contribution in [0.4, 0.5) is 5.69 Å². The third-order valence-corrected chi connectivity index (χ3v) is 2.66. The van der Waals surface area contributed by atoms with Gasteiger partial charge in [0.15, 0.2) is 0 Å². The molecular weight excluding hydrogens is 260 g/mol. The minimum Gasteiger partial charge on any atom is -0.357 e. The number of aromatic amines is 1. The summed E-state index contributed by atoms with van der Waals surface area (Å²) >= 11 is 0. The van der Waals surface area contributed by atoms with Crippen molar-refractivity contribution >= 4 is 17.3 Å². The molecule has 0 radical (unpaired) electrons. The Morgan fingerprint density at radius 2 is 2.00 bits per heavy atom. The quantitative estimate of drug-likeness (QED) is 0.506. The van der Waals surface area contributed by atoms with E-state index < -0.39 is 4.92 Å². The van der Waals surface area contributed by atoms with Crippen LogP contribution >= 0.6 is 0 Å². The molecule has 20 heavy (non-hydrogen) atoms. The van der Waals surface area contributed by atoms with Crippen molar-refractivity contribution in [3.63, 3.8) is 0 Å². The molecule has 7 nitrogen and oxygen atoms in total. The number of nitro benzene ring substituents is 1. The number of non-ortho nitro benzene ring substituents is 1. The van der Waals surface area contributed by atoms with Crippen LogP contribution in [0.2, 0.25) is 0 Å². The van der Waals surface area contributed by atoms with Crippen molar-refractivity contribution < 1.29 is 9.72 Å². The van der Waals surface area contributed by atoms with Crippen molar-refractivity contribution in [2.24, 2.45) is 5.10 Å². The molecule has 1 amide bonds. The van der Waals surface area contributed by atoms with Crippen molar-refractivity contribution in [3.05, 3.63) is 64.0 Å². The SMILES string of the molecule is C/C(=N/NC(=O)c1ccc[nH]1)c1ccc([N+](=O)[O-])cc1. The Morgan fingerprint density at radius 3 is 2.55 bits per heavy atom. The largest absolute Gasteiger partial charge is 0.357 e. The molecule has 1 heterocycles. The first-order chi connectivity index (χ1) is 9.58. The van der Waals surface area contributed by atoms with E-state index in [0.29, 0.717) is 17.0 Å². The molecule has 1 aromatic carbocycles. The monoisotopic (exact) mass is 272 g/mol. The van der Waals surface area contributed by atoms with Gasteiger partial charge in [0.05, 0.1) is 10.6 Å². The summed E-state index contributed by atoms with van der Waals surface area (Å²) in [5, 5.41) is 14.5. The maximum Gasteiger partial charge on any atom is 0.287 e. The number of carbonyl (C=O) groups is 1. The van der Waals surface area contributed by atoms with Crippen LogP contribution in [0, 0.1) is 10.1 Å². The standard InChI is InChI=1S/C13H12N4O3/c1-9(10-4-6-11(7-5-10)17(19)20)15-16-13(18)12-3-2-8-14-12/h2-8,14H,1H3,(H,16,18)/b15-9-. The second kappa shape index (κ2) is 5.79. The second-order valence-electron chi connectivity index (χ2n) is 4.03. The lowest BCUT2D eigenvalue weighted by Gasteiger charge is -2.02. The highest BCUT2D eigenvalue weighted by Gasteiger charge is 2.07. The minimum absolute atomic E-state index is 0.0111. The molecule has 2 rings (SSSR count). The van der Waals surface area contributed by atoms with Crippen LogP contribution in [0.1, 0.15) is 23.0 Å². The highest BCUT2D eigenvalue weighted by Crippen LogP contribution is 2.12. The summed E-state index contributed by atoms with van der Waals surface area (Å²) in [6, 6.07) is 9.28. The van der Waals surface area contributed by atoms with Crippen LogP contribution < -0.4 is 5.43 Å². The maximum absolute atomic E-state index is 11.6. The maximum atomic E-state index is 11.6. The number of H-pyrrole nitrogens is 1. The van der Waals surface area contributed by atoms with Gasteiger partial charge in [-0.05, 0) is 36.8 Å². The molecule has 0 fully saturated rings. The number of nitrogens with one attached hydrogen (secondary N) is 2. The van der Waals surface area contributed by atoms with Gasteiger partial charge < -0.3 is 4.98 Å². The summed E-state index contributed by atoms with van der Waals surface area (Å²) in [5.41, 5.74) is 4.08. The van der Waals surface area contributed by atoms with Gasteiger partial charge in [0.1, 0.15) is 5.69 Å². The molecule has 0 aliphatic rings. The van der Waals surface area contributed by atoms with E-state index in [0.717, 1.165) is 0 Å². The van der Waals surface area contributed by atoms with E-state index in [2.05, 4.69) is 15.5 Å². The molecular formula is C13H12N4O3. The number of aromatic nitrogens is 1. The lowest BCUT2D eigenvalue weighted by molar-refractivity contribution is -0.384. The van der Waals surface area contributed by atoms with Gasteiger partial charge in [-0.1, -0.05) is 0 Å². The first-order valence-corrected chi connectivity index (χ1v) is 5.81. The Morgan fingerprint density at radius 1 is 1.30 bits per heavy atom. The predicted molar refractivity (Wildman–Crippen MR) is 73.6 cm³/mol. The fourth-order valence-electron chi connectivity index (χ4n) is 1.56. The summed E-state index contributed by atoms with van der Waals surface area (Å²) in [5.74, 6) is -0.351. The average molecular weight is 272 g/mol. The number of amides is 1. The van der Waals surface area contributed by atoms with Gasteiger partial charge in [-0.15, -0.1) is 0 Å². The van der Waals surface area contributed by atoms with Crippen molar-refractivity contribution in [2.45, 2.75) is 6.92 Å². The lowest BCUT2D eigenvalue weighted by Crippen LogP contribution is -2.19. The number of nitro groups is 1. The van der Waals surface area contributed by atoms with E-state index in [4.69, 9.17) is 0 Å². The average Bonchev–Trinajstić information content (AvgIpc) is 2.98. The summed E-state index contributed by atoms with van der Waals surface area (Å²) in [7, 11) is 0. The van der Waals surface area contributed by atoms with Crippen LogP contribution in [0.25, 0.3) is 0 Å². The van der Waals surface area contributed by atoms with E-state index in [9.17, 15) is 14.9 Å². The van der Waals surface area contributed by atoms with Crippen LogP contribution in [0.3, 0.4) is 0 Å². The fraction of sp³-hybridized carbons (Fsp3) is 0.0769. The minimum atomic E-state index is -0.469. The van der Waals surface area contributed by atoms with Gasteiger partial charge in [-0.25, -0.2) is 5.43 Å². The molecule has 2 N–H and O–H groups in total. The Bertz CT molecular complexity index is 645. The van der Waals surface area contributed by atoms with E-state index in [1.54, 1.807) is 37.4 Å². The first kappa shape index (κ1) is 13.5. The zero-order valence-electron chi connectivity index (χ0n) is 10.7. The van der Waals surface area contributed by atoms with Gasteiger partial charge in [0.25, 0.3) is 11.6 Å². The van der Waals surface area contributed by atoms with E-state index >= 15 is 0 Å². The number of nitrogens with zero attached hydrogens (tertiary/aromatic N) is 2. The van der Waals surface area contributed by atoms with Crippen molar-refractivity contribution in [1.82, 2.24) is 10.4 Å². The van der Waals surface area contributed by atoms with E-state index in [-0.39, 0.29) is 11.6 Å². The fourth-order valence-corrected chi connectivity index (χ4v) is 1.56. The summed E-state index contributed by atoms with van der Waals surface area (Å²) in [4.78, 5) is 24.5. The molecule has 2 aromatic rings. The lowest BCUT2D eigenvalue weighted by atomic mass is 10.1. The third-order valence-electron chi connectivity index (χ3n) is 2.66. The number of rotatable bonds is 4. The Labute approximate surface area is 114 Å². The summed E-state index contributed by atoms with van der Waals surface area (Å²) < 4.78 is 0. The first-order valence-electron chi connectivity index (χ1n) is 5.81. The number of benzene rings is 1. The van der Waals surface area contributed by atoms with E-state index in [1.807, 2.05) is 0 Å². The van der Waals surface area contributed by atoms with Crippen LogP contribution in [-0.2, 0) is 0 Å². The second-order valence-corrected chi connectivity index (χ2v) is 4.03. The molecule has 0 atom stereocenters. The molecule has 0 spiro atoms. The third kappa shape index (κ3) is 3.08. The predicted octanol–water partition coefficient (Wildman–Crippen LogP) is 2.08. The highest BCUT2D eigenvalue weighted by molar-refractivity contribution is 6.00. The number of carbonyl (C=O) groups excluding carboxylic acids is 1. The van der Waals surface area contributed by atoms with Gasteiger partial charge >= 0.3 is 0 Å². The molecule has 7 heteroatoms. The number of hydrogen-bond acceptors (Lipinski definition) is 4. The highest BCUT2D eigenvalue weighted by atomic mass is 16.6. The zero-order valence-corrected chi connectivity index (χ0v) is 10.7. The van der Waals surface area contributed by atoms with Gasteiger partial charge in [0, 0.05) is 18.3 Å². The molecule has 0 bridgehead atoms. The molecule has 1 aromatic heterocycles. The van der Waals surface area contributed by atoms with Crippen LogP contribution in [0.5, 0.6) is 0 Å². The van der Waals surface area contributed by atoms with Crippen molar-refractivity contribution in [1.29, 1.82) is 0 Å². The normalized spacial score (nSPS) is 11.2. The zero-order chi connectivity index (χ0) is 14.5. The molecule has 102 valence electrons. The Hall–Kier alpha value is -2.96. The molecule has 0 aliphatic heterocycles. The number of hydrogen-bond donors (Lipinski definition) is 2. The van der Waals surface area contributed by atoms with Crippen molar-refractivity contribution in [2.75, 3.05) is 0 Å². The van der Waals surface area contributed by atoms with Crippen molar-refractivity contribution in [3.8, 4) is 0 Å². The number of hydrazone groups is 1. The Balaban J connectivity index is 2.06. The molecule has 0 unspecified atom stereocenters. The summed E-state index contributed by atoms with van der Waals surface area (Å²) in [6.07, 6.45) is 1.64. The van der Waals surface area contributed by atoms with Gasteiger partial charge in [-0.3, -0.25) is 14.9 Å². The van der Waals surface area contributed by atoms with Gasteiger partial charge in [-0.2, -0.15) is 5.10 Å². The summed E-state index contributed by atoms with van der Waals surface area (Å²) in [6.45, 7) is 1.70.